The van der Waals surface area contributed by atoms with Gasteiger partial charge in [-0.1, -0.05) is 267 Å². The molecule has 2 aliphatic carbocycles. The second kappa shape index (κ2) is 19.1. The number of fused-ring (bicyclic) bond motifs is 8. The summed E-state index contributed by atoms with van der Waals surface area (Å²) in [5.74, 6) is 0. The van der Waals surface area contributed by atoms with Crippen LogP contribution in [-0.2, 0) is 10.8 Å². The monoisotopic (exact) mass is 1040 g/mol. The number of hydrogen-bond acceptors (Lipinski definition) is 2. The van der Waals surface area contributed by atoms with Gasteiger partial charge < -0.3 is 9.80 Å². The van der Waals surface area contributed by atoms with Gasteiger partial charge in [0.05, 0.1) is 27.9 Å². The molecule has 0 bridgehead atoms. The largest absolute Gasteiger partial charge is 0.310 e. The number of para-hydroxylation sites is 3. The highest BCUT2D eigenvalue weighted by Gasteiger charge is 2.53. The molecule has 0 saturated heterocycles. The Labute approximate surface area is 479 Å². The van der Waals surface area contributed by atoms with Crippen LogP contribution in [0.3, 0.4) is 0 Å². The average Bonchev–Trinajstić information content (AvgIpc) is 1.76. The minimum Gasteiger partial charge on any atom is -0.310 e. The molecule has 16 rings (SSSR count). The molecule has 13 aromatic carbocycles. The number of anilines is 6. The summed E-state index contributed by atoms with van der Waals surface area (Å²) < 4.78 is 0. The molecule has 82 heavy (non-hydrogen) atoms. The van der Waals surface area contributed by atoms with E-state index in [1.54, 1.807) is 0 Å². The summed E-state index contributed by atoms with van der Waals surface area (Å²) in [5.41, 5.74) is 27.9. The fraction of sp³-hybridized carbons (Fsp3) is 0.0250. The van der Waals surface area contributed by atoms with E-state index in [-0.39, 0.29) is 0 Å². The van der Waals surface area contributed by atoms with E-state index >= 15 is 0 Å². The molecular formula is C80H54N2. The second-order valence-electron chi connectivity index (χ2n) is 21.8. The van der Waals surface area contributed by atoms with Gasteiger partial charge >= 0.3 is 0 Å². The first-order valence-electron chi connectivity index (χ1n) is 28.5. The van der Waals surface area contributed by atoms with Crippen LogP contribution in [0.25, 0.3) is 55.6 Å². The van der Waals surface area contributed by atoms with E-state index in [1.807, 2.05) is 0 Å². The van der Waals surface area contributed by atoms with Gasteiger partial charge in [0.15, 0.2) is 0 Å². The topological polar surface area (TPSA) is 6.48 Å². The lowest BCUT2D eigenvalue weighted by atomic mass is 9.64. The van der Waals surface area contributed by atoms with Gasteiger partial charge in [0.25, 0.3) is 0 Å². The van der Waals surface area contributed by atoms with Crippen molar-refractivity contribution in [2.75, 3.05) is 9.80 Å². The summed E-state index contributed by atoms with van der Waals surface area (Å²) >= 11 is 0. The van der Waals surface area contributed by atoms with Crippen molar-refractivity contribution in [1.29, 1.82) is 0 Å². The molecule has 0 N–H and O–H groups in total. The molecule has 13 aromatic rings. The molecule has 2 nitrogen and oxygen atoms in total. The highest BCUT2D eigenvalue weighted by Crippen LogP contribution is 2.67. The second-order valence-corrected chi connectivity index (χ2v) is 21.8. The maximum absolute atomic E-state index is 2.51. The standard InChI is InChI=1S/C80H54N2/c1-7-25-56(26-8-1)65-37-20-23-41-74(65)81(64-48-50-68-67-38-19-21-39-70(67)79(73(68)54-64,59-29-11-3-12-30-59)60-31-13-4-14-32-60)63-46-43-55(44-47-63)58-45-49-69-72(53-58)80(61-33-15-5-16-34-61)71-40-22-24-42-75(71)82(62-35-17-6-18-36-62)76-52-51-66(77(69)78(76)80)57-27-9-2-10-28-57/h1-54H. The van der Waals surface area contributed by atoms with Crippen LogP contribution >= 0.6 is 0 Å². The van der Waals surface area contributed by atoms with E-state index in [4.69, 9.17) is 0 Å². The minimum absolute atomic E-state index is 0.551. The molecule has 1 aliphatic heterocycles. The van der Waals surface area contributed by atoms with E-state index in [0.717, 1.165) is 39.4 Å². The van der Waals surface area contributed by atoms with Gasteiger partial charge in [-0.3, -0.25) is 0 Å². The van der Waals surface area contributed by atoms with Gasteiger partial charge in [0.2, 0.25) is 0 Å². The molecule has 2 heteroatoms. The van der Waals surface area contributed by atoms with Crippen LogP contribution < -0.4 is 9.80 Å². The Bertz CT molecular complexity index is 4500. The third-order valence-electron chi connectivity index (χ3n) is 17.7. The maximum atomic E-state index is 2.51. The van der Waals surface area contributed by atoms with E-state index in [1.165, 1.54) is 94.8 Å². The van der Waals surface area contributed by atoms with Gasteiger partial charge in [-0.25, -0.2) is 0 Å². The Hall–Kier alpha value is -10.5. The fourth-order valence-electron chi connectivity index (χ4n) is 14.4. The van der Waals surface area contributed by atoms with Crippen LogP contribution in [0.5, 0.6) is 0 Å². The van der Waals surface area contributed by atoms with Crippen molar-refractivity contribution in [2.24, 2.45) is 0 Å². The van der Waals surface area contributed by atoms with Crippen molar-refractivity contribution < 1.29 is 0 Å². The van der Waals surface area contributed by atoms with Crippen LogP contribution in [0, 0.1) is 0 Å². The molecule has 0 amide bonds. The normalized spacial score (nSPS) is 14.7. The van der Waals surface area contributed by atoms with Crippen LogP contribution in [0.15, 0.2) is 328 Å². The Morgan fingerprint density at radius 2 is 0.720 bits per heavy atom. The molecule has 1 unspecified atom stereocenters. The Morgan fingerprint density at radius 1 is 0.256 bits per heavy atom. The van der Waals surface area contributed by atoms with Crippen molar-refractivity contribution >= 4 is 34.1 Å². The van der Waals surface area contributed by atoms with Crippen molar-refractivity contribution in [1.82, 2.24) is 0 Å². The smallest absolute Gasteiger partial charge is 0.0754 e. The first-order chi connectivity index (χ1) is 40.7. The summed E-state index contributed by atoms with van der Waals surface area (Å²) in [6.45, 7) is 0. The average molecular weight is 1040 g/mol. The summed E-state index contributed by atoms with van der Waals surface area (Å²) in [6, 6.07) is 122. The van der Waals surface area contributed by atoms with Crippen molar-refractivity contribution in [2.45, 2.75) is 10.8 Å². The minimum atomic E-state index is -0.621. The van der Waals surface area contributed by atoms with Gasteiger partial charge in [0.1, 0.15) is 0 Å². The van der Waals surface area contributed by atoms with E-state index in [9.17, 15) is 0 Å². The van der Waals surface area contributed by atoms with Crippen LogP contribution in [-0.4, -0.2) is 0 Å². The van der Waals surface area contributed by atoms with Gasteiger partial charge in [0, 0.05) is 28.2 Å². The molecule has 1 atom stereocenters. The highest BCUT2D eigenvalue weighted by molar-refractivity contribution is 6.05. The number of benzene rings is 13. The predicted molar refractivity (Wildman–Crippen MR) is 340 cm³/mol. The Balaban J connectivity index is 0.898. The van der Waals surface area contributed by atoms with Crippen molar-refractivity contribution in [3.8, 4) is 55.6 Å². The van der Waals surface area contributed by atoms with Crippen LogP contribution in [0.2, 0.25) is 0 Å². The molecule has 0 aromatic heterocycles. The molecule has 1 heterocycles. The number of rotatable bonds is 10. The number of hydrogen-bond donors (Lipinski definition) is 0. The first kappa shape index (κ1) is 47.5. The lowest BCUT2D eigenvalue weighted by molar-refractivity contribution is 0.754. The van der Waals surface area contributed by atoms with Crippen LogP contribution in [0.4, 0.5) is 34.1 Å². The maximum Gasteiger partial charge on any atom is 0.0754 e. The zero-order valence-electron chi connectivity index (χ0n) is 45.1. The molecule has 384 valence electrons. The summed E-state index contributed by atoms with van der Waals surface area (Å²) in [4.78, 5) is 4.96. The SMILES string of the molecule is c1ccc(-c2ccccc2N(c2ccc(-c3ccc4c(c3)C3(c5ccccc5)c5ccccc5N(c5ccccc5)c5ccc(-c6ccccc6)c-4c53)cc2)c2ccc3c(c2)C(c2ccccc2)(c2ccccc2)c2ccccc2-3)cc1. The van der Waals surface area contributed by atoms with E-state index in [0.29, 0.717) is 0 Å². The predicted octanol–water partition coefficient (Wildman–Crippen LogP) is 20.7. The van der Waals surface area contributed by atoms with E-state index in [2.05, 4.69) is 337 Å². The molecule has 0 radical (unpaired) electrons. The van der Waals surface area contributed by atoms with Crippen molar-refractivity contribution in [3.63, 3.8) is 0 Å². The lowest BCUT2D eigenvalue weighted by Gasteiger charge is -2.45. The Kier molecular flexibility index (Phi) is 11.0. The molecular weight excluding hydrogens is 989 g/mol. The summed E-state index contributed by atoms with van der Waals surface area (Å²) in [6.07, 6.45) is 0. The molecule has 0 fully saturated rings. The fourth-order valence-corrected chi connectivity index (χ4v) is 14.4. The zero-order valence-corrected chi connectivity index (χ0v) is 45.1. The van der Waals surface area contributed by atoms with Gasteiger partial charge in [-0.2, -0.15) is 0 Å². The molecule has 0 spiro atoms. The summed E-state index contributed by atoms with van der Waals surface area (Å²) in [7, 11) is 0. The highest BCUT2D eigenvalue weighted by atomic mass is 15.2. The third-order valence-corrected chi connectivity index (χ3v) is 17.7. The zero-order chi connectivity index (χ0) is 54.2. The van der Waals surface area contributed by atoms with Crippen LogP contribution in [0.1, 0.15) is 44.5 Å². The number of nitrogens with zero attached hydrogens (tertiary/aromatic N) is 2. The van der Waals surface area contributed by atoms with Crippen molar-refractivity contribution in [3.05, 3.63) is 372 Å². The van der Waals surface area contributed by atoms with E-state index < -0.39 is 10.8 Å². The third kappa shape index (κ3) is 7.01. The summed E-state index contributed by atoms with van der Waals surface area (Å²) in [5, 5.41) is 0. The molecule has 3 aliphatic rings. The van der Waals surface area contributed by atoms with Gasteiger partial charge in [-0.15, -0.1) is 0 Å². The molecule has 0 saturated carbocycles. The van der Waals surface area contributed by atoms with Gasteiger partial charge in [-0.05, 0) is 150 Å². The first-order valence-corrected chi connectivity index (χ1v) is 28.5. The Morgan fingerprint density at radius 3 is 1.38 bits per heavy atom. The lowest BCUT2D eigenvalue weighted by Crippen LogP contribution is -2.36. The quantitative estimate of drug-likeness (QED) is 0.135.